The quantitative estimate of drug-likeness (QED) is 0.326. The summed E-state index contributed by atoms with van der Waals surface area (Å²) in [5, 5.41) is 27.9. The second-order valence-electron chi connectivity index (χ2n) is 5.78. The van der Waals surface area contributed by atoms with E-state index in [2.05, 4.69) is 59.5 Å². The van der Waals surface area contributed by atoms with E-state index >= 15 is 0 Å². The summed E-state index contributed by atoms with van der Waals surface area (Å²) in [5.41, 5.74) is 1.19. The average Bonchev–Trinajstić information content (AvgIpc) is 3.01. The van der Waals surface area contributed by atoms with Crippen molar-refractivity contribution in [2.75, 3.05) is 4.90 Å². The van der Waals surface area contributed by atoms with Crippen molar-refractivity contribution in [2.24, 2.45) is 10.2 Å². The maximum atomic E-state index is 10.3. The Labute approximate surface area is 163 Å². The summed E-state index contributed by atoms with van der Waals surface area (Å²) in [5.74, 6) is 0.396. The van der Waals surface area contributed by atoms with Crippen LogP contribution in [0.5, 0.6) is 5.75 Å². The Balaban J connectivity index is 2.19. The van der Waals surface area contributed by atoms with E-state index in [0.29, 0.717) is 16.7 Å². The van der Waals surface area contributed by atoms with Gasteiger partial charge < -0.3 is 10.0 Å². The van der Waals surface area contributed by atoms with Gasteiger partial charge in [0.2, 0.25) is 0 Å². The van der Waals surface area contributed by atoms with E-state index in [1.165, 1.54) is 11.3 Å². The van der Waals surface area contributed by atoms with Gasteiger partial charge in [0, 0.05) is 17.7 Å². The Morgan fingerprint density at radius 2 is 1.84 bits per heavy atom. The van der Waals surface area contributed by atoms with Crippen LogP contribution in [0.4, 0.5) is 16.5 Å². The first-order chi connectivity index (χ1) is 11.8. The molecule has 0 fully saturated rings. The van der Waals surface area contributed by atoms with E-state index in [1.807, 2.05) is 24.8 Å². The Bertz CT molecular complexity index is 724. The number of aromatic nitrogens is 2. The van der Waals surface area contributed by atoms with Gasteiger partial charge in [0.25, 0.3) is 5.13 Å². The van der Waals surface area contributed by atoms with E-state index in [9.17, 15) is 5.11 Å². The molecule has 2 aromatic rings. The van der Waals surface area contributed by atoms with Crippen molar-refractivity contribution < 1.29 is 5.11 Å². The van der Waals surface area contributed by atoms with E-state index in [-0.39, 0.29) is 16.5 Å². The molecule has 0 aliphatic rings. The molecule has 0 aliphatic carbocycles. The number of thiol groups is 2. The minimum Gasteiger partial charge on any atom is -0.506 e. The van der Waals surface area contributed by atoms with Gasteiger partial charge in [0.05, 0.1) is 10.7 Å². The second-order valence-corrected chi connectivity index (χ2v) is 8.26. The maximum Gasteiger partial charge on any atom is 0.251 e. The van der Waals surface area contributed by atoms with E-state index in [4.69, 9.17) is 0 Å². The molecule has 2 rings (SSSR count). The zero-order valence-corrected chi connectivity index (χ0v) is 17.3. The van der Waals surface area contributed by atoms with Crippen molar-refractivity contribution in [2.45, 2.75) is 50.8 Å². The maximum absolute atomic E-state index is 10.3. The summed E-state index contributed by atoms with van der Waals surface area (Å²) >= 11 is 10.3. The summed E-state index contributed by atoms with van der Waals surface area (Å²) in [7, 11) is 0. The van der Waals surface area contributed by atoms with Gasteiger partial charge in [-0.2, -0.15) is 25.3 Å². The second kappa shape index (κ2) is 8.86. The topological polar surface area (TPSA) is 74.0 Å². The van der Waals surface area contributed by atoms with Crippen molar-refractivity contribution in [3.05, 3.63) is 23.2 Å². The van der Waals surface area contributed by atoms with Gasteiger partial charge in [0.1, 0.15) is 16.4 Å². The zero-order chi connectivity index (χ0) is 18.6. The summed E-state index contributed by atoms with van der Waals surface area (Å²) in [4.78, 5) is 1.97. The van der Waals surface area contributed by atoms with Crippen LogP contribution in [0, 0.1) is 0 Å². The smallest absolute Gasteiger partial charge is 0.251 e. The summed E-state index contributed by atoms with van der Waals surface area (Å²) in [6.45, 7) is 8.10. The molecule has 1 aromatic carbocycles. The van der Waals surface area contributed by atoms with E-state index in [1.54, 1.807) is 12.1 Å². The number of rotatable bonds is 7. The minimum absolute atomic E-state index is 0.0419. The average molecular weight is 398 g/mol. The van der Waals surface area contributed by atoms with Crippen LogP contribution in [0.15, 0.2) is 28.4 Å². The largest absolute Gasteiger partial charge is 0.506 e. The highest BCUT2D eigenvalue weighted by atomic mass is 32.1. The van der Waals surface area contributed by atoms with Crippen molar-refractivity contribution >= 4 is 53.1 Å². The molecule has 0 radical (unpaired) electrons. The third kappa shape index (κ3) is 5.08. The highest BCUT2D eigenvalue weighted by molar-refractivity contribution is 7.82. The van der Waals surface area contributed by atoms with Gasteiger partial charge in [-0.25, -0.2) is 0 Å². The molecule has 136 valence electrons. The summed E-state index contributed by atoms with van der Waals surface area (Å²) in [6, 6.07) is 5.21. The highest BCUT2D eigenvalue weighted by Crippen LogP contribution is 2.35. The number of benzene rings is 1. The fourth-order valence-corrected chi connectivity index (χ4v) is 3.81. The lowest BCUT2D eigenvalue weighted by molar-refractivity contribution is 0.476. The number of phenols is 1. The van der Waals surface area contributed by atoms with Gasteiger partial charge in [-0.05, 0) is 32.4 Å². The number of aromatic hydroxyl groups is 1. The molecule has 1 aromatic heterocycles. The Morgan fingerprint density at radius 1 is 1.16 bits per heavy atom. The molecule has 0 bridgehead atoms. The van der Waals surface area contributed by atoms with E-state index in [0.717, 1.165) is 17.1 Å². The minimum atomic E-state index is -0.0419. The summed E-state index contributed by atoms with van der Waals surface area (Å²) < 4.78 is 0. The number of hydrogen-bond donors (Lipinski definition) is 3. The standard InChI is InChI=1S/C16H23N5OS3/c1-5-9(2)15-18-20-16(25-15)19-17-13-7-6-12(8-14(13)22)21(10(3)23)11(4)24/h6-11,22-24H,5H2,1-4H3. The predicted molar refractivity (Wildman–Crippen MR) is 110 cm³/mol. The lowest BCUT2D eigenvalue weighted by Crippen LogP contribution is -2.34. The molecular formula is C16H23N5OS3. The van der Waals surface area contributed by atoms with Crippen molar-refractivity contribution in [1.29, 1.82) is 0 Å². The first-order valence-electron chi connectivity index (χ1n) is 8.06. The van der Waals surface area contributed by atoms with Crippen molar-refractivity contribution in [3.63, 3.8) is 0 Å². The fourth-order valence-electron chi connectivity index (χ4n) is 2.24. The summed E-state index contributed by atoms with van der Waals surface area (Å²) in [6.07, 6.45) is 0.998. The molecule has 0 aliphatic heterocycles. The molecule has 25 heavy (non-hydrogen) atoms. The zero-order valence-electron chi connectivity index (χ0n) is 14.7. The number of phenolic OH excluding ortho intramolecular Hbond substituents is 1. The van der Waals surface area contributed by atoms with Gasteiger partial charge in [-0.1, -0.05) is 25.2 Å². The number of nitrogens with zero attached hydrogens (tertiary/aromatic N) is 5. The van der Waals surface area contributed by atoms with Crippen LogP contribution in [-0.2, 0) is 0 Å². The third-order valence-corrected chi connectivity index (χ3v) is 5.31. The molecule has 0 spiro atoms. The number of azo groups is 1. The van der Waals surface area contributed by atoms with Gasteiger partial charge in [-0.3, -0.25) is 0 Å². The van der Waals surface area contributed by atoms with Crippen LogP contribution >= 0.6 is 36.6 Å². The van der Waals surface area contributed by atoms with Crippen molar-refractivity contribution in [3.8, 4) is 5.75 Å². The van der Waals surface area contributed by atoms with E-state index < -0.39 is 0 Å². The molecule has 0 saturated carbocycles. The Hall–Kier alpha value is -1.32. The SMILES string of the molecule is CCC(C)c1nnc(N=Nc2ccc(N(C(C)S)C(C)S)cc2O)s1. The molecule has 0 amide bonds. The highest BCUT2D eigenvalue weighted by Gasteiger charge is 2.17. The number of hydrogen-bond acceptors (Lipinski definition) is 9. The van der Waals surface area contributed by atoms with Crippen LogP contribution in [0.25, 0.3) is 0 Å². The first kappa shape index (κ1) is 20.0. The molecule has 1 heterocycles. The van der Waals surface area contributed by atoms with Gasteiger partial charge in [-0.15, -0.1) is 20.4 Å². The van der Waals surface area contributed by atoms with Crippen LogP contribution in [0.2, 0.25) is 0 Å². The predicted octanol–water partition coefficient (Wildman–Crippen LogP) is 5.53. The molecule has 6 nitrogen and oxygen atoms in total. The van der Waals surface area contributed by atoms with Crippen LogP contribution in [0.1, 0.15) is 45.0 Å². The van der Waals surface area contributed by atoms with Crippen LogP contribution < -0.4 is 4.90 Å². The number of anilines is 1. The molecular weight excluding hydrogens is 374 g/mol. The lowest BCUT2D eigenvalue weighted by atomic mass is 10.1. The monoisotopic (exact) mass is 397 g/mol. The Morgan fingerprint density at radius 3 is 2.40 bits per heavy atom. The van der Waals surface area contributed by atoms with Gasteiger partial charge >= 0.3 is 0 Å². The fraction of sp³-hybridized carbons (Fsp3) is 0.500. The molecule has 9 heteroatoms. The first-order valence-corrected chi connectivity index (χ1v) is 9.91. The Kier molecular flexibility index (Phi) is 7.09. The normalized spacial score (nSPS) is 15.3. The molecule has 3 unspecified atom stereocenters. The van der Waals surface area contributed by atoms with Crippen molar-refractivity contribution in [1.82, 2.24) is 10.2 Å². The molecule has 3 atom stereocenters. The third-order valence-electron chi connectivity index (χ3n) is 3.77. The van der Waals surface area contributed by atoms with Gasteiger partial charge in [0.15, 0.2) is 0 Å². The molecule has 1 N–H and O–H groups in total. The van der Waals surface area contributed by atoms with Crippen LogP contribution in [0.3, 0.4) is 0 Å². The molecule has 0 saturated heterocycles. The lowest BCUT2D eigenvalue weighted by Gasteiger charge is -2.31. The van der Waals surface area contributed by atoms with Crippen LogP contribution in [-0.4, -0.2) is 26.1 Å².